The summed E-state index contributed by atoms with van der Waals surface area (Å²) >= 11 is 19.2. The highest BCUT2D eigenvalue weighted by atomic mass is 79.9. The molecule has 0 bridgehead atoms. The number of carbonyl (C=O) groups is 2. The van der Waals surface area contributed by atoms with Crippen molar-refractivity contribution in [3.8, 4) is 0 Å². The van der Waals surface area contributed by atoms with E-state index in [9.17, 15) is 9.59 Å². The number of halogens is 3. The first kappa shape index (κ1) is 16.6. The highest BCUT2D eigenvalue weighted by Crippen LogP contribution is 2.35. The fourth-order valence-electron chi connectivity index (χ4n) is 1.28. The number of rotatable bonds is 4. The fourth-order valence-corrected chi connectivity index (χ4v) is 2.36. The van der Waals surface area contributed by atoms with Crippen molar-refractivity contribution >= 4 is 69.3 Å². The molecule has 0 saturated carbocycles. The van der Waals surface area contributed by atoms with Gasteiger partial charge in [-0.25, -0.2) is 0 Å². The van der Waals surface area contributed by atoms with E-state index < -0.39 is 11.9 Å². The van der Waals surface area contributed by atoms with E-state index in [0.717, 1.165) is 0 Å². The van der Waals surface area contributed by atoms with E-state index >= 15 is 0 Å². The summed E-state index contributed by atoms with van der Waals surface area (Å²) in [5, 5.41) is 5.61. The molecule has 4 nitrogen and oxygen atoms in total. The highest BCUT2D eigenvalue weighted by molar-refractivity contribution is 9.10. The zero-order chi connectivity index (χ0) is 14.6. The van der Waals surface area contributed by atoms with Crippen molar-refractivity contribution in [3.05, 3.63) is 26.7 Å². The second kappa shape index (κ2) is 7.38. The molecule has 1 aromatic carbocycles. The van der Waals surface area contributed by atoms with Gasteiger partial charge in [-0.3, -0.25) is 9.59 Å². The van der Waals surface area contributed by atoms with Crippen LogP contribution in [-0.4, -0.2) is 23.6 Å². The van der Waals surface area contributed by atoms with Gasteiger partial charge in [-0.1, -0.05) is 23.2 Å². The van der Waals surface area contributed by atoms with Crippen molar-refractivity contribution in [3.63, 3.8) is 0 Å². The van der Waals surface area contributed by atoms with Crippen LogP contribution in [0.1, 0.15) is 6.92 Å². The van der Waals surface area contributed by atoms with E-state index in [-0.39, 0.29) is 16.7 Å². The number of hydrogen-bond donors (Lipinski definition) is 3. The highest BCUT2D eigenvalue weighted by Gasteiger charge is 2.19. The SMILES string of the molecule is CC(=O)NC(CS)C(=O)Nc1ccc(Br)c(Cl)c1Cl. The summed E-state index contributed by atoms with van der Waals surface area (Å²) in [7, 11) is 0. The van der Waals surface area contributed by atoms with Crippen LogP contribution < -0.4 is 10.6 Å². The summed E-state index contributed by atoms with van der Waals surface area (Å²) in [4.78, 5) is 22.9. The first-order valence-corrected chi connectivity index (χ1v) is 7.37. The number of hydrogen-bond acceptors (Lipinski definition) is 3. The Morgan fingerprint density at radius 3 is 2.53 bits per heavy atom. The summed E-state index contributed by atoms with van der Waals surface area (Å²) in [6, 6.07) is 2.54. The summed E-state index contributed by atoms with van der Waals surface area (Å²) in [5.74, 6) is -0.549. The lowest BCUT2D eigenvalue weighted by Crippen LogP contribution is -2.44. The number of carbonyl (C=O) groups excluding carboxylic acids is 2. The molecule has 1 unspecified atom stereocenters. The molecular formula is C11H11BrCl2N2O2S. The van der Waals surface area contributed by atoms with Crippen LogP contribution >= 0.6 is 51.8 Å². The molecule has 0 aliphatic carbocycles. The maximum atomic E-state index is 11.9. The van der Waals surface area contributed by atoms with Gasteiger partial charge in [-0.05, 0) is 28.1 Å². The van der Waals surface area contributed by atoms with Crippen LogP contribution in [0.25, 0.3) is 0 Å². The van der Waals surface area contributed by atoms with Gasteiger partial charge in [0, 0.05) is 17.1 Å². The Hall–Kier alpha value is -0.430. The molecule has 0 heterocycles. The van der Waals surface area contributed by atoms with Crippen molar-refractivity contribution in [2.24, 2.45) is 0 Å². The molecule has 2 amide bonds. The van der Waals surface area contributed by atoms with E-state index in [4.69, 9.17) is 23.2 Å². The molecule has 0 radical (unpaired) electrons. The summed E-state index contributed by atoms with van der Waals surface area (Å²) < 4.78 is 0.629. The smallest absolute Gasteiger partial charge is 0.247 e. The molecule has 104 valence electrons. The van der Waals surface area contributed by atoms with E-state index in [2.05, 4.69) is 39.2 Å². The minimum atomic E-state index is -0.737. The zero-order valence-electron chi connectivity index (χ0n) is 9.84. The molecule has 0 aliphatic heterocycles. The van der Waals surface area contributed by atoms with Gasteiger partial charge in [0.1, 0.15) is 6.04 Å². The Morgan fingerprint density at radius 2 is 2.00 bits per heavy atom. The van der Waals surface area contributed by atoms with Crippen LogP contribution in [0.3, 0.4) is 0 Å². The normalized spacial score (nSPS) is 11.8. The maximum absolute atomic E-state index is 11.9. The zero-order valence-corrected chi connectivity index (χ0v) is 13.8. The van der Waals surface area contributed by atoms with Gasteiger partial charge in [0.15, 0.2) is 0 Å². The predicted octanol–water partition coefficient (Wildman–Crippen LogP) is 3.13. The molecule has 1 rings (SSSR count). The fraction of sp³-hybridized carbons (Fsp3) is 0.273. The van der Waals surface area contributed by atoms with Crippen LogP contribution in [0.2, 0.25) is 10.0 Å². The van der Waals surface area contributed by atoms with Gasteiger partial charge >= 0.3 is 0 Å². The lowest BCUT2D eigenvalue weighted by molar-refractivity contribution is -0.124. The number of benzene rings is 1. The van der Waals surface area contributed by atoms with Gasteiger partial charge in [0.05, 0.1) is 15.7 Å². The molecule has 0 spiro atoms. The van der Waals surface area contributed by atoms with Crippen molar-refractivity contribution in [1.82, 2.24) is 5.32 Å². The van der Waals surface area contributed by atoms with Gasteiger partial charge in [-0.15, -0.1) is 0 Å². The average molecular weight is 386 g/mol. The predicted molar refractivity (Wildman–Crippen MR) is 84.2 cm³/mol. The van der Waals surface area contributed by atoms with Crippen molar-refractivity contribution < 1.29 is 9.59 Å². The van der Waals surface area contributed by atoms with Gasteiger partial charge in [0.25, 0.3) is 0 Å². The van der Waals surface area contributed by atoms with Crippen LogP contribution in [-0.2, 0) is 9.59 Å². The van der Waals surface area contributed by atoms with E-state index in [1.807, 2.05) is 0 Å². The quantitative estimate of drug-likeness (QED) is 0.550. The third-order valence-corrected chi connectivity index (χ3v) is 4.31. The van der Waals surface area contributed by atoms with Crippen molar-refractivity contribution in [2.75, 3.05) is 11.1 Å². The Bertz CT molecular complexity index is 514. The Balaban J connectivity index is 2.87. The summed E-state index contributed by atoms with van der Waals surface area (Å²) in [5.41, 5.74) is 0.372. The van der Waals surface area contributed by atoms with Crippen LogP contribution in [0, 0.1) is 0 Å². The molecule has 0 aromatic heterocycles. The molecule has 0 aliphatic rings. The maximum Gasteiger partial charge on any atom is 0.247 e. The summed E-state index contributed by atoms with van der Waals surface area (Å²) in [6.07, 6.45) is 0. The molecule has 0 saturated heterocycles. The lowest BCUT2D eigenvalue weighted by atomic mass is 10.2. The first-order chi connectivity index (χ1) is 8.86. The van der Waals surface area contributed by atoms with Crippen molar-refractivity contribution in [2.45, 2.75) is 13.0 Å². The first-order valence-electron chi connectivity index (χ1n) is 5.19. The van der Waals surface area contributed by atoms with Crippen LogP contribution in [0.4, 0.5) is 5.69 Å². The third kappa shape index (κ3) is 4.56. The molecule has 8 heteroatoms. The number of anilines is 1. The minimum Gasteiger partial charge on any atom is -0.344 e. The van der Waals surface area contributed by atoms with E-state index in [1.54, 1.807) is 12.1 Å². The monoisotopic (exact) mass is 384 g/mol. The Morgan fingerprint density at radius 1 is 1.37 bits per heavy atom. The van der Waals surface area contributed by atoms with Crippen molar-refractivity contribution in [1.29, 1.82) is 0 Å². The third-order valence-electron chi connectivity index (χ3n) is 2.17. The van der Waals surface area contributed by atoms with Gasteiger partial charge in [-0.2, -0.15) is 12.6 Å². The average Bonchev–Trinajstić information content (AvgIpc) is 2.36. The molecule has 1 atom stereocenters. The lowest BCUT2D eigenvalue weighted by Gasteiger charge is -2.16. The molecule has 0 fully saturated rings. The standard InChI is InChI=1S/C11H11BrCl2N2O2S/c1-5(17)15-8(4-19)11(18)16-7-3-2-6(12)9(13)10(7)14/h2-3,8,19H,4H2,1H3,(H,15,17)(H,16,18). The second-order valence-electron chi connectivity index (χ2n) is 3.65. The summed E-state index contributed by atoms with van der Waals surface area (Å²) in [6.45, 7) is 1.33. The molecular weight excluding hydrogens is 375 g/mol. The largest absolute Gasteiger partial charge is 0.344 e. The van der Waals surface area contributed by atoms with Crippen LogP contribution in [0.15, 0.2) is 16.6 Å². The van der Waals surface area contributed by atoms with E-state index in [0.29, 0.717) is 15.2 Å². The Labute approximate surface area is 134 Å². The van der Waals surface area contributed by atoms with Gasteiger partial charge in [0.2, 0.25) is 11.8 Å². The number of amides is 2. The Kier molecular flexibility index (Phi) is 6.46. The van der Waals surface area contributed by atoms with Gasteiger partial charge < -0.3 is 10.6 Å². The van der Waals surface area contributed by atoms with Crippen LogP contribution in [0.5, 0.6) is 0 Å². The topological polar surface area (TPSA) is 58.2 Å². The number of thiol groups is 1. The number of nitrogens with one attached hydrogen (secondary N) is 2. The molecule has 19 heavy (non-hydrogen) atoms. The minimum absolute atomic E-state index is 0.174. The van der Waals surface area contributed by atoms with E-state index in [1.165, 1.54) is 6.92 Å². The molecule has 1 aromatic rings. The second-order valence-corrected chi connectivity index (χ2v) is 5.62. The molecule has 2 N–H and O–H groups in total.